The lowest BCUT2D eigenvalue weighted by Gasteiger charge is -2.33. The van der Waals surface area contributed by atoms with Gasteiger partial charge in [-0.3, -0.25) is 9.59 Å². The number of nitrogens with zero attached hydrogens (tertiary/aromatic N) is 1. The minimum atomic E-state index is -0.803. The summed E-state index contributed by atoms with van der Waals surface area (Å²) in [7, 11) is 0. The molecular formula is C28H30ClFN2O3. The van der Waals surface area contributed by atoms with Crippen molar-refractivity contribution in [1.29, 1.82) is 0 Å². The Morgan fingerprint density at radius 1 is 0.943 bits per heavy atom. The van der Waals surface area contributed by atoms with Crippen LogP contribution in [0.3, 0.4) is 0 Å². The Morgan fingerprint density at radius 3 is 2.17 bits per heavy atom. The normalized spacial score (nSPS) is 12.0. The highest BCUT2D eigenvalue weighted by atomic mass is 35.5. The summed E-state index contributed by atoms with van der Waals surface area (Å²) in [4.78, 5) is 28.4. The molecule has 0 fully saturated rings. The highest BCUT2D eigenvalue weighted by Crippen LogP contribution is 2.19. The van der Waals surface area contributed by atoms with E-state index in [2.05, 4.69) is 5.32 Å². The topological polar surface area (TPSA) is 58.6 Å². The molecule has 0 aliphatic heterocycles. The van der Waals surface area contributed by atoms with E-state index >= 15 is 0 Å². The molecular weight excluding hydrogens is 467 g/mol. The lowest BCUT2D eigenvalue weighted by atomic mass is 10.0. The quantitative estimate of drug-likeness (QED) is 0.430. The van der Waals surface area contributed by atoms with Gasteiger partial charge in [0.2, 0.25) is 5.91 Å². The van der Waals surface area contributed by atoms with Crippen LogP contribution in [0, 0.1) is 5.82 Å². The summed E-state index contributed by atoms with van der Waals surface area (Å²) in [5.41, 5.74) is 1.13. The van der Waals surface area contributed by atoms with Crippen molar-refractivity contribution < 1.29 is 18.7 Å². The molecule has 3 aromatic carbocycles. The number of rotatable bonds is 9. The zero-order valence-corrected chi connectivity index (χ0v) is 20.9. The molecule has 35 heavy (non-hydrogen) atoms. The highest BCUT2D eigenvalue weighted by Gasteiger charge is 2.32. The van der Waals surface area contributed by atoms with Crippen LogP contribution in [-0.2, 0) is 22.6 Å². The summed E-state index contributed by atoms with van der Waals surface area (Å²) >= 11 is 5.93. The maximum Gasteiger partial charge on any atom is 0.261 e. The van der Waals surface area contributed by atoms with Crippen molar-refractivity contribution in [2.24, 2.45) is 0 Å². The molecule has 0 aliphatic rings. The summed E-state index contributed by atoms with van der Waals surface area (Å²) < 4.78 is 19.2. The smallest absolute Gasteiger partial charge is 0.261 e. The second-order valence-corrected chi connectivity index (χ2v) is 9.77. The van der Waals surface area contributed by atoms with Gasteiger partial charge in [0.1, 0.15) is 17.6 Å². The van der Waals surface area contributed by atoms with Crippen LogP contribution in [0.25, 0.3) is 0 Å². The molecule has 1 atom stereocenters. The third-order valence-electron chi connectivity index (χ3n) is 5.21. The molecule has 0 spiro atoms. The van der Waals surface area contributed by atoms with Crippen LogP contribution >= 0.6 is 11.6 Å². The molecule has 0 saturated carbocycles. The summed E-state index contributed by atoms with van der Waals surface area (Å²) in [5, 5.41) is 3.56. The summed E-state index contributed by atoms with van der Waals surface area (Å²) in [6.45, 7) is 5.52. The highest BCUT2D eigenvalue weighted by molar-refractivity contribution is 6.30. The van der Waals surface area contributed by atoms with Gasteiger partial charge in [-0.2, -0.15) is 0 Å². The SMILES string of the molecule is CC(C)(C)NC(=O)C(Cc1ccccc1)N(Cc1ccc(F)cc1)C(=O)COc1ccc(Cl)cc1. The zero-order chi connectivity index (χ0) is 25.4. The molecule has 0 bridgehead atoms. The van der Waals surface area contributed by atoms with E-state index in [0.717, 1.165) is 5.56 Å². The van der Waals surface area contributed by atoms with Gasteiger partial charge in [0.15, 0.2) is 6.61 Å². The molecule has 184 valence electrons. The fourth-order valence-corrected chi connectivity index (χ4v) is 3.68. The Morgan fingerprint density at radius 2 is 1.57 bits per heavy atom. The van der Waals surface area contributed by atoms with E-state index in [4.69, 9.17) is 16.3 Å². The maximum absolute atomic E-state index is 13.5. The Bertz CT molecular complexity index is 1110. The fraction of sp³-hybridized carbons (Fsp3) is 0.286. The van der Waals surface area contributed by atoms with Gasteiger partial charge in [0.25, 0.3) is 5.91 Å². The Hall–Kier alpha value is -3.38. The largest absolute Gasteiger partial charge is 0.484 e. The molecule has 0 saturated heterocycles. The van der Waals surface area contributed by atoms with Crippen LogP contribution in [0.4, 0.5) is 4.39 Å². The van der Waals surface area contributed by atoms with Crippen LogP contribution in [-0.4, -0.2) is 34.9 Å². The van der Waals surface area contributed by atoms with Gasteiger partial charge in [-0.15, -0.1) is 0 Å². The summed E-state index contributed by atoms with van der Waals surface area (Å²) in [6.07, 6.45) is 0.316. The number of hydrogen-bond acceptors (Lipinski definition) is 3. The van der Waals surface area contributed by atoms with E-state index in [-0.39, 0.29) is 30.8 Å². The first kappa shape index (κ1) is 26.2. The fourth-order valence-electron chi connectivity index (χ4n) is 3.55. The third kappa shape index (κ3) is 8.41. The first-order chi connectivity index (χ1) is 16.6. The Balaban J connectivity index is 1.91. The Kier molecular flexibility index (Phi) is 8.88. The van der Waals surface area contributed by atoms with E-state index in [1.54, 1.807) is 36.4 Å². The summed E-state index contributed by atoms with van der Waals surface area (Å²) in [5.74, 6) is -0.523. The van der Waals surface area contributed by atoms with Gasteiger partial charge in [0.05, 0.1) is 0 Å². The minimum absolute atomic E-state index is 0.123. The first-order valence-corrected chi connectivity index (χ1v) is 11.8. The second kappa shape index (κ2) is 11.8. The van der Waals surface area contributed by atoms with Crippen LogP contribution in [0.2, 0.25) is 5.02 Å². The number of benzene rings is 3. The van der Waals surface area contributed by atoms with E-state index in [1.165, 1.54) is 17.0 Å². The van der Waals surface area contributed by atoms with Crippen molar-refractivity contribution >= 4 is 23.4 Å². The zero-order valence-electron chi connectivity index (χ0n) is 20.1. The average molecular weight is 497 g/mol. The maximum atomic E-state index is 13.5. The molecule has 0 heterocycles. The van der Waals surface area contributed by atoms with Crippen LogP contribution < -0.4 is 10.1 Å². The number of amides is 2. The van der Waals surface area contributed by atoms with Gasteiger partial charge >= 0.3 is 0 Å². The minimum Gasteiger partial charge on any atom is -0.484 e. The lowest BCUT2D eigenvalue weighted by molar-refractivity contribution is -0.143. The monoisotopic (exact) mass is 496 g/mol. The van der Waals surface area contributed by atoms with Crippen molar-refractivity contribution in [2.45, 2.75) is 45.3 Å². The number of carbonyl (C=O) groups is 2. The number of nitrogens with one attached hydrogen (secondary N) is 1. The van der Waals surface area contributed by atoms with Gasteiger partial charge < -0.3 is 15.0 Å². The molecule has 0 aliphatic carbocycles. The summed E-state index contributed by atoms with van der Waals surface area (Å²) in [6, 6.07) is 21.3. The van der Waals surface area contributed by atoms with Crippen molar-refractivity contribution in [3.8, 4) is 5.75 Å². The van der Waals surface area contributed by atoms with Crippen molar-refractivity contribution in [1.82, 2.24) is 10.2 Å². The van der Waals surface area contributed by atoms with Gasteiger partial charge in [-0.25, -0.2) is 4.39 Å². The molecule has 3 rings (SSSR count). The molecule has 0 radical (unpaired) electrons. The van der Waals surface area contributed by atoms with Crippen molar-refractivity contribution in [3.05, 3.63) is 101 Å². The van der Waals surface area contributed by atoms with E-state index in [9.17, 15) is 14.0 Å². The average Bonchev–Trinajstić information content (AvgIpc) is 2.81. The number of halogens is 2. The van der Waals surface area contributed by atoms with Crippen LogP contribution in [0.5, 0.6) is 5.75 Å². The molecule has 2 amide bonds. The molecule has 7 heteroatoms. The van der Waals surface area contributed by atoms with E-state index in [0.29, 0.717) is 22.8 Å². The van der Waals surface area contributed by atoms with Crippen LogP contribution in [0.1, 0.15) is 31.9 Å². The van der Waals surface area contributed by atoms with Gasteiger partial charge in [-0.1, -0.05) is 54.1 Å². The van der Waals surface area contributed by atoms with E-state index < -0.39 is 11.6 Å². The predicted molar refractivity (Wildman–Crippen MR) is 136 cm³/mol. The molecule has 1 N–H and O–H groups in total. The molecule has 1 unspecified atom stereocenters. The number of carbonyl (C=O) groups excluding carboxylic acids is 2. The molecule has 3 aromatic rings. The predicted octanol–water partition coefficient (Wildman–Crippen LogP) is 5.41. The Labute approximate surface area is 210 Å². The van der Waals surface area contributed by atoms with Gasteiger partial charge in [-0.05, 0) is 68.3 Å². The number of ether oxygens (including phenoxy) is 1. The molecule has 0 aromatic heterocycles. The third-order valence-corrected chi connectivity index (χ3v) is 5.46. The van der Waals surface area contributed by atoms with Gasteiger partial charge in [0, 0.05) is 23.5 Å². The number of hydrogen-bond donors (Lipinski definition) is 1. The van der Waals surface area contributed by atoms with Crippen molar-refractivity contribution in [2.75, 3.05) is 6.61 Å². The molecule has 5 nitrogen and oxygen atoms in total. The second-order valence-electron chi connectivity index (χ2n) is 9.34. The van der Waals surface area contributed by atoms with Crippen molar-refractivity contribution in [3.63, 3.8) is 0 Å². The first-order valence-electron chi connectivity index (χ1n) is 11.4. The lowest BCUT2D eigenvalue weighted by Crippen LogP contribution is -2.55. The van der Waals surface area contributed by atoms with E-state index in [1.807, 2.05) is 51.1 Å². The standard InChI is InChI=1S/C28H30ClFN2O3/c1-28(2,3)31-27(34)25(17-20-7-5-4-6-8-20)32(18-21-9-13-23(30)14-10-21)26(33)19-35-24-15-11-22(29)12-16-24/h4-16,25H,17-19H2,1-3H3,(H,31,34). The van der Waals surface area contributed by atoms with Crippen LogP contribution in [0.15, 0.2) is 78.9 Å².